The molecule has 3 rings (SSSR count). The number of amides is 1. The van der Waals surface area contributed by atoms with E-state index in [1.807, 2.05) is 30.3 Å². The summed E-state index contributed by atoms with van der Waals surface area (Å²) >= 11 is 0. The number of benzene rings is 2. The van der Waals surface area contributed by atoms with Crippen LogP contribution in [0.1, 0.15) is 25.7 Å². The third kappa shape index (κ3) is 6.26. The molecule has 0 radical (unpaired) electrons. The van der Waals surface area contributed by atoms with E-state index in [-0.39, 0.29) is 16.8 Å². The number of carbonyl (C=O) groups is 1. The van der Waals surface area contributed by atoms with Gasteiger partial charge in [0.25, 0.3) is 0 Å². The fraction of sp³-hybridized carbons (Fsp3) is 0.316. The Kier molecular flexibility index (Phi) is 6.31. The molecule has 0 heterocycles. The number of nitrogens with one attached hydrogen (secondary N) is 3. The van der Waals surface area contributed by atoms with E-state index < -0.39 is 10.0 Å². The van der Waals surface area contributed by atoms with Crippen molar-refractivity contribution in [3.05, 3.63) is 54.6 Å². The van der Waals surface area contributed by atoms with Crippen LogP contribution < -0.4 is 20.3 Å². The molecule has 0 spiro atoms. The summed E-state index contributed by atoms with van der Waals surface area (Å²) in [5.41, 5.74) is 5.97. The lowest BCUT2D eigenvalue weighted by Gasteiger charge is -2.10. The molecule has 1 fully saturated rings. The first kappa shape index (κ1) is 19.2. The Morgan fingerprint density at radius 2 is 1.74 bits per heavy atom. The Morgan fingerprint density at radius 1 is 1.04 bits per heavy atom. The van der Waals surface area contributed by atoms with Crippen LogP contribution in [-0.4, -0.2) is 27.0 Å². The third-order valence-corrected chi connectivity index (χ3v) is 5.51. The normalized spacial score (nSPS) is 13.8. The number of hydrazine groups is 1. The molecule has 0 bridgehead atoms. The lowest BCUT2D eigenvalue weighted by atomic mass is 10.3. The van der Waals surface area contributed by atoms with Gasteiger partial charge in [0.15, 0.2) is 0 Å². The van der Waals surface area contributed by atoms with Crippen LogP contribution in [-0.2, 0) is 14.8 Å². The van der Waals surface area contributed by atoms with Gasteiger partial charge in [0, 0.05) is 12.5 Å². The van der Waals surface area contributed by atoms with Crippen LogP contribution in [0.4, 0.5) is 5.69 Å². The maximum Gasteiger partial charge on any atom is 0.240 e. The highest BCUT2D eigenvalue weighted by atomic mass is 32.2. The van der Waals surface area contributed by atoms with Crippen molar-refractivity contribution in [2.45, 2.75) is 36.6 Å². The second kappa shape index (κ2) is 8.88. The molecule has 0 atom stereocenters. The van der Waals surface area contributed by atoms with Crippen LogP contribution in [0.3, 0.4) is 0 Å². The summed E-state index contributed by atoms with van der Waals surface area (Å²) in [5.74, 6) is 0.612. The Balaban J connectivity index is 1.37. The SMILES string of the molecule is O=C(CCCOc1ccccc1)NNc1ccc(S(=O)(=O)NC2CC2)cc1. The molecule has 1 amide bonds. The summed E-state index contributed by atoms with van der Waals surface area (Å²) in [4.78, 5) is 12.1. The zero-order valence-corrected chi connectivity index (χ0v) is 15.7. The number of rotatable bonds is 10. The molecule has 0 saturated heterocycles. The molecule has 1 aliphatic rings. The van der Waals surface area contributed by atoms with E-state index in [1.54, 1.807) is 12.1 Å². The van der Waals surface area contributed by atoms with Gasteiger partial charge in [-0.05, 0) is 55.7 Å². The van der Waals surface area contributed by atoms with Gasteiger partial charge in [-0.15, -0.1) is 0 Å². The van der Waals surface area contributed by atoms with E-state index in [0.29, 0.717) is 25.1 Å². The molecule has 2 aromatic rings. The maximum atomic E-state index is 12.1. The Labute approximate surface area is 159 Å². The van der Waals surface area contributed by atoms with E-state index in [4.69, 9.17) is 4.74 Å². The molecular formula is C19H23N3O4S. The maximum absolute atomic E-state index is 12.1. The number of para-hydroxylation sites is 1. The smallest absolute Gasteiger partial charge is 0.240 e. The molecule has 3 N–H and O–H groups in total. The number of ether oxygens (including phenoxy) is 1. The molecule has 8 heteroatoms. The average molecular weight is 389 g/mol. The molecule has 1 aliphatic carbocycles. The van der Waals surface area contributed by atoms with Crippen LogP contribution in [0.2, 0.25) is 0 Å². The van der Waals surface area contributed by atoms with Crippen molar-refractivity contribution in [3.63, 3.8) is 0 Å². The highest BCUT2D eigenvalue weighted by molar-refractivity contribution is 7.89. The zero-order valence-electron chi connectivity index (χ0n) is 14.9. The fourth-order valence-electron chi connectivity index (χ4n) is 2.35. The predicted molar refractivity (Wildman–Crippen MR) is 103 cm³/mol. The Morgan fingerprint density at radius 3 is 2.41 bits per heavy atom. The van der Waals surface area contributed by atoms with Crippen molar-refractivity contribution >= 4 is 21.6 Å². The topological polar surface area (TPSA) is 96.5 Å². The van der Waals surface area contributed by atoms with Gasteiger partial charge in [-0.1, -0.05) is 18.2 Å². The van der Waals surface area contributed by atoms with Crippen molar-refractivity contribution in [3.8, 4) is 5.75 Å². The van der Waals surface area contributed by atoms with Gasteiger partial charge in [0.1, 0.15) is 5.75 Å². The highest BCUT2D eigenvalue weighted by Gasteiger charge is 2.27. The van der Waals surface area contributed by atoms with Crippen molar-refractivity contribution in [2.24, 2.45) is 0 Å². The molecule has 0 aromatic heterocycles. The van der Waals surface area contributed by atoms with Crippen LogP contribution >= 0.6 is 0 Å². The second-order valence-electron chi connectivity index (χ2n) is 6.36. The van der Waals surface area contributed by atoms with E-state index >= 15 is 0 Å². The van der Waals surface area contributed by atoms with Crippen molar-refractivity contribution in [1.82, 2.24) is 10.1 Å². The van der Waals surface area contributed by atoms with Gasteiger partial charge < -0.3 is 4.74 Å². The van der Waals surface area contributed by atoms with Gasteiger partial charge in [-0.2, -0.15) is 0 Å². The van der Waals surface area contributed by atoms with Crippen LogP contribution in [0.25, 0.3) is 0 Å². The van der Waals surface area contributed by atoms with Crippen LogP contribution in [0.15, 0.2) is 59.5 Å². The molecule has 1 saturated carbocycles. The molecule has 0 aliphatic heterocycles. The van der Waals surface area contributed by atoms with E-state index in [2.05, 4.69) is 15.6 Å². The first-order valence-electron chi connectivity index (χ1n) is 8.88. The number of anilines is 1. The summed E-state index contributed by atoms with van der Waals surface area (Å²) < 4.78 is 32.4. The minimum atomic E-state index is -3.46. The molecule has 7 nitrogen and oxygen atoms in total. The molecule has 144 valence electrons. The van der Waals surface area contributed by atoms with Crippen LogP contribution in [0, 0.1) is 0 Å². The van der Waals surface area contributed by atoms with E-state index in [0.717, 1.165) is 18.6 Å². The second-order valence-corrected chi connectivity index (χ2v) is 8.07. The standard InChI is InChI=1S/C19H23N3O4S/c23-19(7-4-14-26-17-5-2-1-3-6-17)21-20-15-10-12-18(13-11-15)27(24,25)22-16-8-9-16/h1-3,5-6,10-13,16,20,22H,4,7-9,14H2,(H,21,23). The predicted octanol–water partition coefficient (Wildman–Crippen LogP) is 2.43. The molecule has 2 aromatic carbocycles. The molecular weight excluding hydrogens is 366 g/mol. The zero-order chi connectivity index (χ0) is 19.1. The first-order chi connectivity index (χ1) is 13.0. The minimum absolute atomic E-state index is 0.0676. The quantitative estimate of drug-likeness (QED) is 0.428. The van der Waals surface area contributed by atoms with E-state index in [1.165, 1.54) is 12.1 Å². The molecule has 0 unspecified atom stereocenters. The number of sulfonamides is 1. The third-order valence-electron chi connectivity index (χ3n) is 3.97. The van der Waals surface area contributed by atoms with Crippen molar-refractivity contribution in [2.75, 3.05) is 12.0 Å². The lowest BCUT2D eigenvalue weighted by Crippen LogP contribution is -2.29. The van der Waals surface area contributed by atoms with E-state index in [9.17, 15) is 13.2 Å². The highest BCUT2D eigenvalue weighted by Crippen LogP contribution is 2.22. The summed E-state index contributed by atoms with van der Waals surface area (Å²) in [5, 5.41) is 0. The van der Waals surface area contributed by atoms with Crippen molar-refractivity contribution < 1.29 is 17.9 Å². The minimum Gasteiger partial charge on any atom is -0.494 e. The van der Waals surface area contributed by atoms with Gasteiger partial charge in [0.2, 0.25) is 15.9 Å². The average Bonchev–Trinajstić information content (AvgIpc) is 3.48. The largest absolute Gasteiger partial charge is 0.494 e. The Bertz CT molecular complexity index is 850. The summed E-state index contributed by atoms with van der Waals surface area (Å²) in [6, 6.07) is 15.7. The van der Waals surface area contributed by atoms with Crippen molar-refractivity contribution in [1.29, 1.82) is 0 Å². The van der Waals surface area contributed by atoms with Gasteiger partial charge >= 0.3 is 0 Å². The lowest BCUT2D eigenvalue weighted by molar-refractivity contribution is -0.120. The monoisotopic (exact) mass is 389 g/mol. The number of hydrogen-bond donors (Lipinski definition) is 3. The fourth-order valence-corrected chi connectivity index (χ4v) is 3.65. The van der Waals surface area contributed by atoms with Gasteiger partial charge in [0.05, 0.1) is 17.2 Å². The summed E-state index contributed by atoms with van der Waals surface area (Å²) in [7, 11) is -3.46. The molecule has 27 heavy (non-hydrogen) atoms. The summed E-state index contributed by atoms with van der Waals surface area (Å²) in [6.07, 6.45) is 2.69. The van der Waals surface area contributed by atoms with Gasteiger partial charge in [-0.3, -0.25) is 15.6 Å². The number of carbonyl (C=O) groups excluding carboxylic acids is 1. The van der Waals surface area contributed by atoms with Gasteiger partial charge in [-0.25, -0.2) is 13.1 Å². The Hall–Kier alpha value is -2.58. The van der Waals surface area contributed by atoms with Crippen LogP contribution in [0.5, 0.6) is 5.75 Å². The summed E-state index contributed by atoms with van der Waals surface area (Å²) in [6.45, 7) is 0.456. The first-order valence-corrected chi connectivity index (χ1v) is 10.4. The number of hydrogen-bond acceptors (Lipinski definition) is 5.